The van der Waals surface area contributed by atoms with E-state index in [0.717, 1.165) is 42.9 Å². The number of nitrogens with zero attached hydrogens (tertiary/aromatic N) is 2. The number of fused-ring (bicyclic) bond motifs is 2. The van der Waals surface area contributed by atoms with Gasteiger partial charge in [0, 0.05) is 28.8 Å². The van der Waals surface area contributed by atoms with E-state index in [2.05, 4.69) is 10.3 Å². The highest BCUT2D eigenvalue weighted by Crippen LogP contribution is 2.38. The number of hydrogen-bond acceptors (Lipinski definition) is 4. The standard InChI is InChI=1S/C20H16ClN3O4/c21-16-8-5-11(9-18(16)24(27)28)19(25)22-12-6-7-14-13-3-1-2-4-15(13)20(26)23-17(14)10-12/h5-10,14H,1-4H2,(H,23,26). The van der Waals surface area contributed by atoms with Gasteiger partial charge in [0.05, 0.1) is 10.6 Å². The summed E-state index contributed by atoms with van der Waals surface area (Å²) in [5.41, 5.74) is 2.85. The van der Waals surface area contributed by atoms with Crippen LogP contribution >= 0.6 is 11.6 Å². The zero-order chi connectivity index (χ0) is 19.8. The highest BCUT2D eigenvalue weighted by atomic mass is 35.5. The first-order valence-corrected chi connectivity index (χ1v) is 9.32. The van der Waals surface area contributed by atoms with Crippen LogP contribution in [0.5, 0.6) is 0 Å². The van der Waals surface area contributed by atoms with Gasteiger partial charge in [0.15, 0.2) is 0 Å². The van der Waals surface area contributed by atoms with Gasteiger partial charge in [-0.25, -0.2) is 4.99 Å². The lowest BCUT2D eigenvalue weighted by Crippen LogP contribution is -2.37. The van der Waals surface area contributed by atoms with E-state index < -0.39 is 10.8 Å². The lowest BCUT2D eigenvalue weighted by molar-refractivity contribution is -0.384. The van der Waals surface area contributed by atoms with Crippen molar-refractivity contribution in [2.75, 3.05) is 0 Å². The summed E-state index contributed by atoms with van der Waals surface area (Å²) in [6.07, 6.45) is 9.15. The maximum absolute atomic E-state index is 12.4. The predicted octanol–water partition coefficient (Wildman–Crippen LogP) is 3.90. The van der Waals surface area contributed by atoms with Crippen LogP contribution in [0, 0.1) is 16.0 Å². The summed E-state index contributed by atoms with van der Waals surface area (Å²) >= 11 is 5.78. The molecule has 2 aliphatic carbocycles. The van der Waals surface area contributed by atoms with Crippen molar-refractivity contribution in [1.82, 2.24) is 5.32 Å². The van der Waals surface area contributed by atoms with Gasteiger partial charge in [0.2, 0.25) is 0 Å². The minimum atomic E-state index is -0.646. The highest BCUT2D eigenvalue weighted by Gasteiger charge is 2.33. The molecule has 1 unspecified atom stereocenters. The molecule has 1 aromatic carbocycles. The van der Waals surface area contributed by atoms with Gasteiger partial charge in [-0.2, -0.15) is 0 Å². The van der Waals surface area contributed by atoms with Crippen LogP contribution < -0.4 is 5.32 Å². The molecule has 1 aliphatic heterocycles. The third-order valence-electron chi connectivity index (χ3n) is 5.14. The number of allylic oxidation sites excluding steroid dienone is 3. The molecule has 0 radical (unpaired) electrons. The van der Waals surface area contributed by atoms with E-state index in [1.165, 1.54) is 12.1 Å². The van der Waals surface area contributed by atoms with Crippen LogP contribution in [-0.4, -0.2) is 22.4 Å². The monoisotopic (exact) mass is 397 g/mol. The number of amides is 2. The second kappa shape index (κ2) is 7.16. The average molecular weight is 398 g/mol. The third kappa shape index (κ3) is 3.29. The van der Waals surface area contributed by atoms with Gasteiger partial charge in [0.1, 0.15) is 5.02 Å². The van der Waals surface area contributed by atoms with Crippen LogP contribution in [0.4, 0.5) is 5.69 Å². The topological polar surface area (TPSA) is 102 Å². The van der Waals surface area contributed by atoms with Gasteiger partial charge in [0.25, 0.3) is 17.5 Å². The molecule has 142 valence electrons. The predicted molar refractivity (Wildman–Crippen MR) is 104 cm³/mol. The summed E-state index contributed by atoms with van der Waals surface area (Å²) in [6.45, 7) is 0. The SMILES string of the molecule is O=C1NC2=CC(=NC(=O)c3ccc(Cl)c([N+](=O)[O-])c3)C=CC2C2=C1CCCC2. The van der Waals surface area contributed by atoms with Gasteiger partial charge >= 0.3 is 0 Å². The first-order chi connectivity index (χ1) is 13.4. The number of halogens is 1. The van der Waals surface area contributed by atoms with Crippen LogP contribution in [0.15, 0.2) is 58.3 Å². The summed E-state index contributed by atoms with van der Waals surface area (Å²) in [4.78, 5) is 39.2. The Labute approximate surface area is 165 Å². The number of aliphatic imine (C=N–C) groups is 1. The van der Waals surface area contributed by atoms with E-state index in [-0.39, 0.29) is 28.1 Å². The first-order valence-electron chi connectivity index (χ1n) is 8.94. The van der Waals surface area contributed by atoms with Crippen molar-refractivity contribution in [2.45, 2.75) is 25.7 Å². The molecule has 0 fully saturated rings. The third-order valence-corrected chi connectivity index (χ3v) is 5.46. The lowest BCUT2D eigenvalue weighted by atomic mass is 9.77. The normalized spacial score (nSPS) is 22.3. The molecule has 1 N–H and O–H groups in total. The molecule has 3 aliphatic rings. The molecule has 8 heteroatoms. The van der Waals surface area contributed by atoms with Crippen molar-refractivity contribution in [3.8, 4) is 0 Å². The molecule has 28 heavy (non-hydrogen) atoms. The molecule has 7 nitrogen and oxygen atoms in total. The maximum atomic E-state index is 12.4. The Morgan fingerprint density at radius 3 is 2.86 bits per heavy atom. The number of nitro benzene ring substituents is 1. The van der Waals surface area contributed by atoms with E-state index in [1.54, 1.807) is 12.2 Å². The summed E-state index contributed by atoms with van der Waals surface area (Å²) < 4.78 is 0. The van der Waals surface area contributed by atoms with Gasteiger partial charge in [-0.3, -0.25) is 19.7 Å². The van der Waals surface area contributed by atoms with Gasteiger partial charge in [-0.1, -0.05) is 17.7 Å². The molecule has 4 rings (SSSR count). The zero-order valence-corrected chi connectivity index (χ0v) is 15.5. The van der Waals surface area contributed by atoms with Crippen molar-refractivity contribution in [1.29, 1.82) is 0 Å². The Morgan fingerprint density at radius 1 is 1.29 bits per heavy atom. The number of rotatable bonds is 2. The second-order valence-corrected chi connectivity index (χ2v) is 7.27. The molecule has 0 saturated heterocycles. The zero-order valence-electron chi connectivity index (χ0n) is 14.8. The number of hydrogen-bond donors (Lipinski definition) is 1. The van der Waals surface area contributed by atoms with Crippen molar-refractivity contribution >= 4 is 34.8 Å². The van der Waals surface area contributed by atoms with Gasteiger partial charge in [-0.05, 0) is 55.5 Å². The van der Waals surface area contributed by atoms with E-state index in [4.69, 9.17) is 11.6 Å². The van der Waals surface area contributed by atoms with E-state index in [1.807, 2.05) is 6.08 Å². The molecule has 1 atom stereocenters. The highest BCUT2D eigenvalue weighted by molar-refractivity contribution is 6.32. The fraction of sp³-hybridized carbons (Fsp3) is 0.250. The van der Waals surface area contributed by atoms with E-state index in [9.17, 15) is 19.7 Å². The summed E-state index contributed by atoms with van der Waals surface area (Å²) in [7, 11) is 0. The minimum absolute atomic E-state index is 0.0127. The molecule has 0 spiro atoms. The van der Waals surface area contributed by atoms with Gasteiger partial charge < -0.3 is 5.32 Å². The molecular weight excluding hydrogens is 382 g/mol. The number of carbonyl (C=O) groups excluding carboxylic acids is 2. The van der Waals surface area contributed by atoms with Crippen LogP contribution in [0.1, 0.15) is 36.0 Å². The summed E-state index contributed by atoms with van der Waals surface area (Å²) in [6, 6.07) is 3.81. The molecule has 0 saturated carbocycles. The molecular formula is C20H16ClN3O4. The van der Waals surface area contributed by atoms with Crippen molar-refractivity contribution in [3.63, 3.8) is 0 Å². The molecule has 1 heterocycles. The van der Waals surface area contributed by atoms with Crippen LogP contribution in [0.2, 0.25) is 5.02 Å². The van der Waals surface area contributed by atoms with Crippen molar-refractivity contribution in [2.24, 2.45) is 10.9 Å². The van der Waals surface area contributed by atoms with Crippen LogP contribution in [0.25, 0.3) is 0 Å². The number of carbonyl (C=O) groups is 2. The van der Waals surface area contributed by atoms with Crippen molar-refractivity contribution < 1.29 is 14.5 Å². The number of benzene rings is 1. The van der Waals surface area contributed by atoms with Gasteiger partial charge in [-0.15, -0.1) is 0 Å². The fourth-order valence-electron chi connectivity index (χ4n) is 3.79. The van der Waals surface area contributed by atoms with E-state index >= 15 is 0 Å². The molecule has 1 aromatic rings. The van der Waals surface area contributed by atoms with Crippen LogP contribution in [0.3, 0.4) is 0 Å². The lowest BCUT2D eigenvalue weighted by Gasteiger charge is -2.33. The first kappa shape index (κ1) is 18.3. The summed E-state index contributed by atoms with van der Waals surface area (Å²) in [5, 5.41) is 13.9. The Kier molecular flexibility index (Phi) is 4.68. The Morgan fingerprint density at radius 2 is 2.07 bits per heavy atom. The average Bonchev–Trinajstić information content (AvgIpc) is 2.68. The summed E-state index contributed by atoms with van der Waals surface area (Å²) in [5.74, 6) is -0.681. The number of nitrogens with one attached hydrogen (secondary N) is 1. The maximum Gasteiger partial charge on any atom is 0.288 e. The largest absolute Gasteiger partial charge is 0.325 e. The van der Waals surface area contributed by atoms with E-state index in [0.29, 0.717) is 11.4 Å². The number of nitro groups is 1. The molecule has 2 amide bonds. The minimum Gasteiger partial charge on any atom is -0.325 e. The molecule has 0 bridgehead atoms. The van der Waals surface area contributed by atoms with Crippen molar-refractivity contribution in [3.05, 3.63) is 74.0 Å². The Balaban J connectivity index is 1.62. The molecule has 0 aromatic heterocycles. The van der Waals surface area contributed by atoms with Crippen LogP contribution in [-0.2, 0) is 4.79 Å². The Hall–Kier alpha value is -3.06. The fourth-order valence-corrected chi connectivity index (χ4v) is 3.97. The second-order valence-electron chi connectivity index (χ2n) is 6.87. The quantitative estimate of drug-likeness (QED) is 0.603. The smallest absolute Gasteiger partial charge is 0.288 e. The Bertz CT molecular complexity index is 1040.